The average molecular weight is 373 g/mol. The Bertz CT molecular complexity index is 716. The minimum absolute atomic E-state index is 0.0651. The van der Waals surface area contributed by atoms with Crippen molar-refractivity contribution in [2.75, 3.05) is 6.54 Å². The monoisotopic (exact) mass is 372 g/mol. The number of hydrogen-bond acceptors (Lipinski definition) is 4. The van der Waals surface area contributed by atoms with Crippen LogP contribution in [-0.4, -0.2) is 32.5 Å². The van der Waals surface area contributed by atoms with Crippen LogP contribution in [-0.2, 0) is 17.8 Å². The Morgan fingerprint density at radius 1 is 1.23 bits per heavy atom. The van der Waals surface area contributed by atoms with Gasteiger partial charge in [0.05, 0.1) is 5.25 Å². The van der Waals surface area contributed by atoms with Gasteiger partial charge in [0.25, 0.3) is 0 Å². The molecule has 2 heterocycles. The Hall–Kier alpha value is -1.82. The molecule has 26 heavy (non-hydrogen) atoms. The first-order valence-corrected chi connectivity index (χ1v) is 10.5. The van der Waals surface area contributed by atoms with E-state index in [2.05, 4.69) is 51.3 Å². The number of hydrogen-bond donors (Lipinski definition) is 1. The van der Waals surface area contributed by atoms with E-state index in [1.165, 1.54) is 30.2 Å². The quantitative estimate of drug-likeness (QED) is 0.751. The van der Waals surface area contributed by atoms with Crippen LogP contribution in [0.2, 0.25) is 0 Å². The second-order valence-corrected chi connectivity index (χ2v) is 8.19. The van der Waals surface area contributed by atoms with Crippen molar-refractivity contribution in [3.05, 3.63) is 41.7 Å². The summed E-state index contributed by atoms with van der Waals surface area (Å²) in [4.78, 5) is 12.6. The van der Waals surface area contributed by atoms with E-state index < -0.39 is 0 Å². The van der Waals surface area contributed by atoms with Gasteiger partial charge in [0.1, 0.15) is 5.82 Å². The van der Waals surface area contributed by atoms with Crippen LogP contribution < -0.4 is 5.32 Å². The molecule has 2 aromatic rings. The lowest BCUT2D eigenvalue weighted by Crippen LogP contribution is -2.34. The zero-order valence-corrected chi connectivity index (χ0v) is 16.5. The van der Waals surface area contributed by atoms with Crippen LogP contribution in [0.3, 0.4) is 0 Å². The third-order valence-corrected chi connectivity index (χ3v) is 6.09. The van der Waals surface area contributed by atoms with Crippen LogP contribution in [0.5, 0.6) is 0 Å². The number of aromatic nitrogens is 3. The van der Waals surface area contributed by atoms with E-state index in [4.69, 9.17) is 0 Å². The topological polar surface area (TPSA) is 59.8 Å². The maximum atomic E-state index is 12.6. The minimum Gasteiger partial charge on any atom is -0.355 e. The number of aryl methyl sites for hydroxylation is 1. The van der Waals surface area contributed by atoms with Gasteiger partial charge in [-0.25, -0.2) is 0 Å². The lowest BCUT2D eigenvalue weighted by atomic mass is 9.96. The Kier molecular flexibility index (Phi) is 6.72. The molecule has 0 aliphatic carbocycles. The van der Waals surface area contributed by atoms with Gasteiger partial charge in [-0.05, 0) is 31.7 Å². The van der Waals surface area contributed by atoms with E-state index in [1.807, 2.05) is 13.0 Å². The van der Waals surface area contributed by atoms with Crippen molar-refractivity contribution in [1.29, 1.82) is 0 Å². The number of carbonyl (C=O) groups excluding carboxylic acids is 1. The van der Waals surface area contributed by atoms with E-state index in [-0.39, 0.29) is 11.2 Å². The summed E-state index contributed by atoms with van der Waals surface area (Å²) in [6.45, 7) is 5.74. The highest BCUT2D eigenvalue weighted by Gasteiger charge is 2.21. The summed E-state index contributed by atoms with van der Waals surface area (Å²) in [5, 5.41) is 12.4. The molecule has 5 nitrogen and oxygen atoms in total. The third-order valence-electron chi connectivity index (χ3n) is 5.01. The molecular formula is C20H28N4OS. The molecule has 2 unspecified atom stereocenters. The number of amides is 1. The zero-order chi connectivity index (χ0) is 18.4. The van der Waals surface area contributed by atoms with Crippen molar-refractivity contribution in [3.63, 3.8) is 0 Å². The molecule has 2 atom stereocenters. The second-order valence-electron chi connectivity index (χ2n) is 6.88. The smallest absolute Gasteiger partial charge is 0.233 e. The van der Waals surface area contributed by atoms with Gasteiger partial charge < -0.3 is 9.88 Å². The molecule has 0 saturated heterocycles. The van der Waals surface area contributed by atoms with Crippen LogP contribution in [0.1, 0.15) is 56.8 Å². The summed E-state index contributed by atoms with van der Waals surface area (Å²) in [5.74, 6) is 1.48. The molecule has 1 aromatic heterocycles. The van der Waals surface area contributed by atoms with Gasteiger partial charge in [0.2, 0.25) is 5.91 Å². The summed E-state index contributed by atoms with van der Waals surface area (Å²) in [6.07, 6.45) is 5.57. The summed E-state index contributed by atoms with van der Waals surface area (Å²) < 4.78 is 2.19. The van der Waals surface area contributed by atoms with Crippen molar-refractivity contribution >= 4 is 17.7 Å². The Balaban J connectivity index is 1.56. The first-order chi connectivity index (χ1) is 12.7. The summed E-state index contributed by atoms with van der Waals surface area (Å²) >= 11 is 1.51. The summed E-state index contributed by atoms with van der Waals surface area (Å²) in [5.41, 5.74) is 1.28. The van der Waals surface area contributed by atoms with Gasteiger partial charge in [0.15, 0.2) is 5.16 Å². The van der Waals surface area contributed by atoms with Crippen molar-refractivity contribution in [2.24, 2.45) is 0 Å². The second kappa shape index (κ2) is 9.21. The maximum absolute atomic E-state index is 12.6. The summed E-state index contributed by atoms with van der Waals surface area (Å²) in [7, 11) is 0. The van der Waals surface area contributed by atoms with E-state index in [9.17, 15) is 4.79 Å². The van der Waals surface area contributed by atoms with Crippen molar-refractivity contribution in [1.82, 2.24) is 20.1 Å². The normalized spacial score (nSPS) is 16.4. The fourth-order valence-corrected chi connectivity index (χ4v) is 4.27. The van der Waals surface area contributed by atoms with Gasteiger partial charge in [-0.3, -0.25) is 4.79 Å². The van der Waals surface area contributed by atoms with Gasteiger partial charge >= 0.3 is 0 Å². The molecule has 0 radical (unpaired) electrons. The third kappa shape index (κ3) is 4.67. The van der Waals surface area contributed by atoms with Crippen LogP contribution >= 0.6 is 11.8 Å². The van der Waals surface area contributed by atoms with Gasteiger partial charge in [-0.2, -0.15) is 0 Å². The number of carbonyl (C=O) groups is 1. The van der Waals surface area contributed by atoms with Crippen LogP contribution in [0.4, 0.5) is 0 Å². The lowest BCUT2D eigenvalue weighted by Gasteiger charge is -2.18. The first kappa shape index (κ1) is 19.0. The van der Waals surface area contributed by atoms with Crippen molar-refractivity contribution < 1.29 is 4.79 Å². The van der Waals surface area contributed by atoms with Crippen molar-refractivity contribution in [3.8, 4) is 0 Å². The lowest BCUT2D eigenvalue weighted by molar-refractivity contribution is -0.120. The highest BCUT2D eigenvalue weighted by Crippen LogP contribution is 2.25. The van der Waals surface area contributed by atoms with Crippen LogP contribution in [0.15, 0.2) is 35.5 Å². The highest BCUT2D eigenvalue weighted by atomic mass is 32.2. The number of thioether (sulfide) groups is 1. The molecule has 3 rings (SSSR count). The number of benzene rings is 1. The van der Waals surface area contributed by atoms with E-state index >= 15 is 0 Å². The van der Waals surface area contributed by atoms with Crippen molar-refractivity contribution in [2.45, 2.75) is 68.8 Å². The molecule has 1 amide bonds. The van der Waals surface area contributed by atoms with E-state index in [1.54, 1.807) is 0 Å². The van der Waals surface area contributed by atoms with E-state index in [0.29, 0.717) is 12.5 Å². The maximum Gasteiger partial charge on any atom is 0.233 e. The van der Waals surface area contributed by atoms with Crippen LogP contribution in [0.25, 0.3) is 0 Å². The van der Waals surface area contributed by atoms with Gasteiger partial charge in [-0.15, -0.1) is 10.2 Å². The number of fused-ring (bicyclic) bond motifs is 1. The molecule has 1 aliphatic heterocycles. The predicted octanol–water partition coefficient (Wildman–Crippen LogP) is 3.80. The molecule has 0 saturated carbocycles. The molecule has 0 bridgehead atoms. The number of nitrogens with one attached hydrogen (secondary N) is 1. The Morgan fingerprint density at radius 2 is 2.04 bits per heavy atom. The fourth-order valence-electron chi connectivity index (χ4n) is 3.35. The zero-order valence-electron chi connectivity index (χ0n) is 15.6. The van der Waals surface area contributed by atoms with Gasteiger partial charge in [0, 0.05) is 25.4 Å². The Labute approximate surface area is 160 Å². The molecule has 140 valence electrons. The molecule has 1 aromatic carbocycles. The summed E-state index contributed by atoms with van der Waals surface area (Å²) in [6, 6.07) is 10.4. The number of nitrogens with zero attached hydrogens (tertiary/aromatic N) is 3. The van der Waals surface area contributed by atoms with Gasteiger partial charge in [-0.1, -0.05) is 55.4 Å². The molecule has 1 aliphatic rings. The largest absolute Gasteiger partial charge is 0.355 e. The molecular weight excluding hydrogens is 344 g/mol. The standard InChI is InChI=1S/C20H28N4OS/c1-3-16(17-10-6-4-7-11-17)14-21-19(25)15(2)26-20-23-22-18-12-8-5-9-13-24(18)20/h4,6-7,10-11,15-16H,3,5,8-9,12-14H2,1-2H3,(H,21,25). The SMILES string of the molecule is CCC(CNC(=O)C(C)Sc1nnc2n1CCCCC2)c1ccccc1. The van der Waals surface area contributed by atoms with E-state index in [0.717, 1.165) is 36.8 Å². The number of rotatable bonds is 7. The molecule has 6 heteroatoms. The molecule has 0 spiro atoms. The Morgan fingerprint density at radius 3 is 2.81 bits per heavy atom. The predicted molar refractivity (Wildman–Crippen MR) is 105 cm³/mol. The van der Waals surface area contributed by atoms with Crippen LogP contribution in [0, 0.1) is 0 Å². The first-order valence-electron chi connectivity index (χ1n) is 9.60. The average Bonchev–Trinajstić information content (AvgIpc) is 2.89. The molecule has 0 fully saturated rings. The highest BCUT2D eigenvalue weighted by molar-refractivity contribution is 8.00. The minimum atomic E-state index is -0.181. The fraction of sp³-hybridized carbons (Fsp3) is 0.550. The molecule has 1 N–H and O–H groups in total.